The molecular weight excluding hydrogens is 348 g/mol. The van der Waals surface area contributed by atoms with Crippen LogP contribution in [0.25, 0.3) is 0 Å². The van der Waals surface area contributed by atoms with E-state index in [2.05, 4.69) is 43.1 Å². The van der Waals surface area contributed by atoms with E-state index in [1.807, 2.05) is 0 Å². The monoisotopic (exact) mass is 382 g/mol. The first kappa shape index (κ1) is 18.6. The van der Waals surface area contributed by atoms with Crippen molar-refractivity contribution >= 4 is 11.6 Å². The molecule has 3 unspecified atom stereocenters. The lowest BCUT2D eigenvalue weighted by Crippen LogP contribution is -2.67. The number of carbonyl (C=O) groups excluding carboxylic acids is 1. The van der Waals surface area contributed by atoms with Crippen molar-refractivity contribution in [3.05, 3.63) is 28.8 Å². The van der Waals surface area contributed by atoms with Gasteiger partial charge in [-0.25, -0.2) is 0 Å². The van der Waals surface area contributed by atoms with Gasteiger partial charge in [0.25, 0.3) is 0 Å². The van der Waals surface area contributed by atoms with Crippen molar-refractivity contribution in [1.29, 1.82) is 0 Å². The van der Waals surface area contributed by atoms with Crippen LogP contribution in [0.1, 0.15) is 68.1 Å². The van der Waals surface area contributed by atoms with Crippen LogP contribution in [0.5, 0.6) is 0 Å². The summed E-state index contributed by atoms with van der Waals surface area (Å²) < 4.78 is 0. The number of nitrogens with zero attached hydrogens (tertiary/aromatic N) is 1. The van der Waals surface area contributed by atoms with E-state index < -0.39 is 5.60 Å². The van der Waals surface area contributed by atoms with Gasteiger partial charge in [-0.2, -0.15) is 0 Å². The molecule has 2 N–H and O–H groups in total. The first-order valence-electron chi connectivity index (χ1n) is 11.1. The molecule has 4 saturated carbocycles. The molecule has 3 atom stereocenters. The largest absolute Gasteiger partial charge is 0.390 e. The van der Waals surface area contributed by atoms with Gasteiger partial charge in [-0.15, -0.1) is 0 Å². The number of hydrogen-bond donors (Lipinski definition) is 2. The van der Waals surface area contributed by atoms with Crippen molar-refractivity contribution in [3.63, 3.8) is 0 Å². The quantitative estimate of drug-likeness (QED) is 0.828. The minimum absolute atomic E-state index is 0.0503. The first-order chi connectivity index (χ1) is 13.3. The molecule has 0 radical (unpaired) electrons. The Morgan fingerprint density at radius 1 is 1.11 bits per heavy atom. The van der Waals surface area contributed by atoms with Gasteiger partial charge >= 0.3 is 0 Å². The Morgan fingerprint density at radius 3 is 2.36 bits per heavy atom. The molecule has 1 amide bonds. The standard InChI is InChI=1S/C24H34N2O2/c1-15-7-16(2)21(17(3)8-15)25-22(27)20-5-4-6-26(20)23-10-18-9-19(11-23)13-24(28,12-18)14-23/h7-8,18-20,28H,4-6,9-14H2,1-3H3,(H,25,27). The van der Waals surface area contributed by atoms with Crippen molar-refractivity contribution in [3.8, 4) is 0 Å². The molecule has 152 valence electrons. The molecule has 0 spiro atoms. The van der Waals surface area contributed by atoms with E-state index in [1.165, 1.54) is 24.8 Å². The summed E-state index contributed by atoms with van der Waals surface area (Å²) in [5.41, 5.74) is 4.06. The first-order valence-corrected chi connectivity index (χ1v) is 11.1. The zero-order valence-electron chi connectivity index (χ0n) is 17.6. The van der Waals surface area contributed by atoms with Crippen LogP contribution in [0, 0.1) is 32.6 Å². The maximum Gasteiger partial charge on any atom is 0.241 e. The smallest absolute Gasteiger partial charge is 0.241 e. The second-order valence-electron chi connectivity index (χ2n) is 10.5. The fourth-order valence-corrected chi connectivity index (χ4v) is 7.69. The molecule has 1 aromatic carbocycles. The predicted octanol–water partition coefficient (Wildman–Crippen LogP) is 4.10. The van der Waals surface area contributed by atoms with Gasteiger partial charge in [0.1, 0.15) is 0 Å². The number of likely N-dealkylation sites (tertiary alicyclic amines) is 1. The van der Waals surface area contributed by atoms with Crippen molar-refractivity contribution in [1.82, 2.24) is 4.90 Å². The Kier molecular flexibility index (Phi) is 4.19. The molecule has 5 fully saturated rings. The summed E-state index contributed by atoms with van der Waals surface area (Å²) in [6.45, 7) is 7.26. The highest BCUT2D eigenvalue weighted by atomic mass is 16.3. The number of hydrogen-bond acceptors (Lipinski definition) is 3. The van der Waals surface area contributed by atoms with E-state index in [0.29, 0.717) is 11.8 Å². The Morgan fingerprint density at radius 2 is 1.75 bits per heavy atom. The maximum atomic E-state index is 13.4. The molecule has 1 heterocycles. The highest BCUT2D eigenvalue weighted by molar-refractivity contribution is 5.96. The Balaban J connectivity index is 1.40. The second kappa shape index (κ2) is 6.30. The average molecular weight is 383 g/mol. The third-order valence-electron chi connectivity index (χ3n) is 8.09. The molecule has 4 heteroatoms. The topological polar surface area (TPSA) is 52.6 Å². The number of anilines is 1. The fourth-order valence-electron chi connectivity index (χ4n) is 7.69. The second-order valence-corrected chi connectivity index (χ2v) is 10.5. The molecule has 4 bridgehead atoms. The minimum Gasteiger partial charge on any atom is -0.390 e. The van der Waals surface area contributed by atoms with Crippen LogP contribution in [-0.4, -0.2) is 39.6 Å². The molecule has 1 aliphatic heterocycles. The molecule has 4 aliphatic carbocycles. The molecule has 0 aromatic heterocycles. The number of benzene rings is 1. The lowest BCUT2D eigenvalue weighted by atomic mass is 9.50. The van der Waals surface area contributed by atoms with E-state index in [1.54, 1.807) is 0 Å². The summed E-state index contributed by atoms with van der Waals surface area (Å²) in [6, 6.07) is 4.23. The van der Waals surface area contributed by atoms with E-state index in [0.717, 1.165) is 55.5 Å². The molecule has 1 saturated heterocycles. The lowest BCUT2D eigenvalue weighted by Gasteiger charge is -2.63. The Labute approximate surface area is 168 Å². The van der Waals surface area contributed by atoms with Gasteiger partial charge < -0.3 is 10.4 Å². The summed E-state index contributed by atoms with van der Waals surface area (Å²) in [4.78, 5) is 15.9. The normalized spacial score (nSPS) is 39.5. The van der Waals surface area contributed by atoms with Crippen LogP contribution < -0.4 is 5.32 Å². The number of carbonyl (C=O) groups is 1. The van der Waals surface area contributed by atoms with Crippen LogP contribution in [0.4, 0.5) is 5.69 Å². The van der Waals surface area contributed by atoms with Crippen molar-refractivity contribution in [2.45, 2.75) is 89.3 Å². The van der Waals surface area contributed by atoms with Crippen molar-refractivity contribution < 1.29 is 9.90 Å². The summed E-state index contributed by atoms with van der Waals surface area (Å²) in [5, 5.41) is 14.4. The van der Waals surface area contributed by atoms with Gasteiger partial charge in [0, 0.05) is 11.2 Å². The van der Waals surface area contributed by atoms with Gasteiger partial charge in [-0.1, -0.05) is 17.7 Å². The molecule has 4 nitrogen and oxygen atoms in total. The number of nitrogens with one attached hydrogen (secondary N) is 1. The van der Waals surface area contributed by atoms with Gasteiger partial charge in [0.05, 0.1) is 11.6 Å². The van der Waals surface area contributed by atoms with Gasteiger partial charge in [-0.3, -0.25) is 9.69 Å². The molecule has 1 aromatic rings. The molecular formula is C24H34N2O2. The lowest BCUT2D eigenvalue weighted by molar-refractivity contribution is -0.179. The maximum absolute atomic E-state index is 13.4. The molecule has 28 heavy (non-hydrogen) atoms. The van der Waals surface area contributed by atoms with E-state index in [4.69, 9.17) is 0 Å². The summed E-state index contributed by atoms with van der Waals surface area (Å²) >= 11 is 0. The number of aliphatic hydroxyl groups is 1. The van der Waals surface area contributed by atoms with Crippen LogP contribution in [0.3, 0.4) is 0 Å². The highest BCUT2D eigenvalue weighted by Crippen LogP contribution is 2.60. The Hall–Kier alpha value is -1.39. The Bertz CT molecular complexity index is 780. The van der Waals surface area contributed by atoms with Gasteiger partial charge in [0.15, 0.2) is 0 Å². The minimum atomic E-state index is -0.474. The third-order valence-corrected chi connectivity index (χ3v) is 8.09. The number of aryl methyl sites for hydroxylation is 3. The number of amides is 1. The fraction of sp³-hybridized carbons (Fsp3) is 0.708. The van der Waals surface area contributed by atoms with E-state index in [9.17, 15) is 9.90 Å². The summed E-state index contributed by atoms with van der Waals surface area (Å²) in [5.74, 6) is 1.45. The molecule has 6 rings (SSSR count). The molecule has 5 aliphatic rings. The summed E-state index contributed by atoms with van der Waals surface area (Å²) in [7, 11) is 0. The SMILES string of the molecule is Cc1cc(C)c(NC(=O)C2CCCN2C23CC4CC(CC(O)(C4)C2)C3)c(C)c1. The van der Waals surface area contributed by atoms with Crippen LogP contribution in [0.2, 0.25) is 0 Å². The van der Waals surface area contributed by atoms with E-state index in [-0.39, 0.29) is 17.5 Å². The van der Waals surface area contributed by atoms with Crippen LogP contribution in [0.15, 0.2) is 12.1 Å². The third kappa shape index (κ3) is 2.91. The zero-order valence-corrected chi connectivity index (χ0v) is 17.6. The predicted molar refractivity (Wildman–Crippen MR) is 111 cm³/mol. The highest BCUT2D eigenvalue weighted by Gasteiger charge is 2.60. The number of rotatable bonds is 3. The van der Waals surface area contributed by atoms with E-state index >= 15 is 0 Å². The van der Waals surface area contributed by atoms with Gasteiger partial charge in [-0.05, 0) is 102 Å². The zero-order chi connectivity index (χ0) is 19.7. The van der Waals surface area contributed by atoms with Crippen LogP contribution >= 0.6 is 0 Å². The van der Waals surface area contributed by atoms with Crippen molar-refractivity contribution in [2.24, 2.45) is 11.8 Å². The van der Waals surface area contributed by atoms with Crippen LogP contribution in [-0.2, 0) is 4.79 Å². The van der Waals surface area contributed by atoms with Gasteiger partial charge in [0.2, 0.25) is 5.91 Å². The van der Waals surface area contributed by atoms with Crippen molar-refractivity contribution in [2.75, 3.05) is 11.9 Å². The average Bonchev–Trinajstić information content (AvgIpc) is 3.06. The summed E-state index contributed by atoms with van der Waals surface area (Å²) in [6.07, 6.45) is 8.51.